The molecule has 0 atom stereocenters. The molecule has 41 heavy (non-hydrogen) atoms. The predicted molar refractivity (Wildman–Crippen MR) is 163 cm³/mol. The number of rotatable bonds is 5. The van der Waals surface area contributed by atoms with Gasteiger partial charge in [0.25, 0.3) is 0 Å². The van der Waals surface area contributed by atoms with Crippen LogP contribution in [0.2, 0.25) is 0 Å². The topological polar surface area (TPSA) is 38.7 Å². The van der Waals surface area contributed by atoms with Gasteiger partial charge in [0.05, 0.1) is 11.4 Å². The summed E-state index contributed by atoms with van der Waals surface area (Å²) >= 11 is 0. The largest absolute Gasteiger partial charge is 0.295 e. The van der Waals surface area contributed by atoms with E-state index in [1.807, 2.05) is 60.8 Å². The second-order valence-electron chi connectivity index (χ2n) is 9.63. The molecule has 7 rings (SSSR count). The molecule has 197 valence electrons. The third-order valence-corrected chi connectivity index (χ3v) is 7.04. The Kier molecular flexibility index (Phi) is 7.60. The maximum atomic E-state index is 4.98. The van der Waals surface area contributed by atoms with Gasteiger partial charge in [-0.2, -0.15) is 0 Å². The first-order chi connectivity index (χ1) is 19.8. The van der Waals surface area contributed by atoms with Crippen LogP contribution in [0.15, 0.2) is 146 Å². The van der Waals surface area contributed by atoms with Crippen LogP contribution in [-0.2, 0) is 20.1 Å². The van der Waals surface area contributed by atoms with Crippen molar-refractivity contribution in [3.8, 4) is 56.3 Å². The van der Waals surface area contributed by atoms with Gasteiger partial charge in [-0.15, -0.1) is 23.6 Å². The van der Waals surface area contributed by atoms with Crippen molar-refractivity contribution >= 4 is 10.8 Å². The van der Waals surface area contributed by atoms with Crippen LogP contribution in [0.4, 0.5) is 0 Å². The molecule has 2 heterocycles. The average molecular weight is 703 g/mol. The number of fused-ring (bicyclic) bond motifs is 1. The van der Waals surface area contributed by atoms with Crippen LogP contribution in [-0.4, -0.2) is 15.0 Å². The Morgan fingerprint density at radius 2 is 1.05 bits per heavy atom. The van der Waals surface area contributed by atoms with E-state index in [4.69, 9.17) is 9.97 Å². The van der Waals surface area contributed by atoms with Crippen molar-refractivity contribution in [2.75, 3.05) is 0 Å². The molecule has 5 aromatic carbocycles. The van der Waals surface area contributed by atoms with Gasteiger partial charge >= 0.3 is 0 Å². The van der Waals surface area contributed by atoms with Gasteiger partial charge in [0.2, 0.25) is 0 Å². The van der Waals surface area contributed by atoms with Crippen LogP contribution in [0.1, 0.15) is 0 Å². The molecule has 7 aromatic rings. The molecule has 0 N–H and O–H groups in total. The molecule has 0 saturated heterocycles. The fraction of sp³-hybridized carbons (Fsp3) is 0. The Morgan fingerprint density at radius 3 is 1.68 bits per heavy atom. The number of pyridine rings is 1. The summed E-state index contributed by atoms with van der Waals surface area (Å²) in [5.74, 6) is 0.701. The smallest absolute Gasteiger partial charge is 0.160 e. The number of hydrogen-bond acceptors (Lipinski definition) is 3. The first-order valence-electron chi connectivity index (χ1n) is 13.3. The molecule has 0 aliphatic rings. The van der Waals surface area contributed by atoms with Crippen LogP contribution in [0, 0.1) is 6.07 Å². The Morgan fingerprint density at radius 1 is 0.463 bits per heavy atom. The third-order valence-electron chi connectivity index (χ3n) is 7.04. The van der Waals surface area contributed by atoms with E-state index in [0.717, 1.165) is 61.2 Å². The molecular weight excluding hydrogens is 679 g/mol. The van der Waals surface area contributed by atoms with Crippen LogP contribution in [0.25, 0.3) is 67.1 Å². The fourth-order valence-electron chi connectivity index (χ4n) is 5.02. The van der Waals surface area contributed by atoms with E-state index < -0.39 is 0 Å². The zero-order chi connectivity index (χ0) is 26.7. The number of hydrogen-bond donors (Lipinski definition) is 0. The summed E-state index contributed by atoms with van der Waals surface area (Å²) in [6.45, 7) is 0. The second-order valence-corrected chi connectivity index (χ2v) is 9.63. The summed E-state index contributed by atoms with van der Waals surface area (Å²) in [4.78, 5) is 14.5. The second kappa shape index (κ2) is 11.8. The van der Waals surface area contributed by atoms with E-state index in [1.54, 1.807) is 0 Å². The predicted octanol–water partition coefficient (Wildman–Crippen LogP) is 9.16. The quantitative estimate of drug-likeness (QED) is 0.168. The van der Waals surface area contributed by atoms with Gasteiger partial charge in [-0.3, -0.25) is 4.98 Å². The number of aromatic nitrogens is 3. The van der Waals surface area contributed by atoms with Crippen LogP contribution in [0.5, 0.6) is 0 Å². The Labute approximate surface area is 253 Å². The van der Waals surface area contributed by atoms with Crippen molar-refractivity contribution in [3.63, 3.8) is 0 Å². The minimum Gasteiger partial charge on any atom is -0.295 e. The van der Waals surface area contributed by atoms with E-state index in [-0.39, 0.29) is 20.1 Å². The molecular formula is C37H24IrN3-. The van der Waals surface area contributed by atoms with Gasteiger partial charge in [-0.25, -0.2) is 9.97 Å². The maximum absolute atomic E-state index is 4.98. The summed E-state index contributed by atoms with van der Waals surface area (Å²) in [6.07, 6.45) is 1.82. The van der Waals surface area contributed by atoms with Crippen molar-refractivity contribution in [1.29, 1.82) is 0 Å². The summed E-state index contributed by atoms with van der Waals surface area (Å²) in [7, 11) is 0. The molecule has 0 spiro atoms. The first-order valence-corrected chi connectivity index (χ1v) is 13.3. The molecule has 0 amide bonds. The average Bonchev–Trinajstić information content (AvgIpc) is 3.05. The molecule has 0 unspecified atom stereocenters. The maximum Gasteiger partial charge on any atom is 0.160 e. The Hall–Kier alpha value is -4.76. The zero-order valence-electron chi connectivity index (χ0n) is 22.0. The monoisotopic (exact) mass is 703 g/mol. The van der Waals surface area contributed by atoms with Crippen LogP contribution in [0.3, 0.4) is 0 Å². The van der Waals surface area contributed by atoms with Crippen molar-refractivity contribution in [2.45, 2.75) is 0 Å². The van der Waals surface area contributed by atoms with Crippen LogP contribution < -0.4 is 0 Å². The summed E-state index contributed by atoms with van der Waals surface area (Å²) in [5, 5.41) is 2.22. The van der Waals surface area contributed by atoms with Gasteiger partial charge in [0.15, 0.2) is 5.82 Å². The van der Waals surface area contributed by atoms with E-state index in [1.165, 1.54) is 0 Å². The molecule has 0 bridgehead atoms. The van der Waals surface area contributed by atoms with E-state index in [2.05, 4.69) is 96.0 Å². The van der Waals surface area contributed by atoms with Gasteiger partial charge in [0.1, 0.15) is 0 Å². The molecule has 2 aromatic heterocycles. The Balaban J connectivity index is 0.00000302. The third kappa shape index (κ3) is 5.49. The van der Waals surface area contributed by atoms with Gasteiger partial charge < -0.3 is 0 Å². The van der Waals surface area contributed by atoms with Crippen LogP contribution >= 0.6 is 0 Å². The number of benzene rings is 5. The minimum atomic E-state index is 0. The molecule has 3 nitrogen and oxygen atoms in total. The van der Waals surface area contributed by atoms with E-state index >= 15 is 0 Å². The van der Waals surface area contributed by atoms with Gasteiger partial charge in [-0.05, 0) is 17.7 Å². The Bertz CT molecular complexity index is 1860. The van der Waals surface area contributed by atoms with Crippen molar-refractivity contribution in [3.05, 3.63) is 152 Å². The zero-order valence-corrected chi connectivity index (χ0v) is 24.4. The van der Waals surface area contributed by atoms with Gasteiger partial charge in [0, 0.05) is 48.7 Å². The SMILES string of the molecule is [Ir].[c-]1c(-c2ccccn2)cc(-c2ccc(-c3nc(-c4ccccc4)cc(-c4ccccc4)n3)cc2)c2ccccc12. The summed E-state index contributed by atoms with van der Waals surface area (Å²) in [5.41, 5.74) is 9.05. The van der Waals surface area contributed by atoms with E-state index in [0.29, 0.717) is 5.82 Å². The van der Waals surface area contributed by atoms with Crippen molar-refractivity contribution in [2.24, 2.45) is 0 Å². The van der Waals surface area contributed by atoms with E-state index in [9.17, 15) is 0 Å². The number of nitrogens with zero attached hydrogens (tertiary/aromatic N) is 3. The first kappa shape index (κ1) is 26.5. The molecule has 4 heteroatoms. The van der Waals surface area contributed by atoms with Crippen molar-refractivity contribution in [1.82, 2.24) is 15.0 Å². The van der Waals surface area contributed by atoms with Gasteiger partial charge in [-0.1, -0.05) is 132 Å². The standard InChI is InChI=1S/C37H24N3.Ir/c1-3-11-27(12-4-1)35-25-36(28-13-5-2-6-14-28)40-37(39-35)29-20-18-26(19-21-29)33-24-31(34-17-9-10-22-38-34)23-30-15-7-8-16-32(30)33;/h1-22,24-25H;/q-1;. The molecule has 0 aliphatic carbocycles. The van der Waals surface area contributed by atoms with Crippen molar-refractivity contribution < 1.29 is 20.1 Å². The minimum absolute atomic E-state index is 0. The normalized spacial score (nSPS) is 10.7. The fourth-order valence-corrected chi connectivity index (χ4v) is 5.02. The molecule has 0 aliphatic heterocycles. The molecule has 1 radical (unpaired) electrons. The summed E-state index contributed by atoms with van der Waals surface area (Å²) in [6, 6.07) is 51.2. The summed E-state index contributed by atoms with van der Waals surface area (Å²) < 4.78 is 0. The molecule has 0 fully saturated rings. The molecule has 0 saturated carbocycles.